The lowest BCUT2D eigenvalue weighted by molar-refractivity contribution is 0.263. The molecule has 0 aromatic heterocycles. The highest BCUT2D eigenvalue weighted by Crippen LogP contribution is 2.25. The molecule has 1 aliphatic rings. The molecule has 1 saturated heterocycles. The molecule has 0 spiro atoms. The predicted octanol–water partition coefficient (Wildman–Crippen LogP) is 0.692. The number of hydrogen-bond acceptors (Lipinski definition) is 4. The summed E-state index contributed by atoms with van der Waals surface area (Å²) in [6, 6.07) is 7.52. The Morgan fingerprint density at radius 2 is 1.72 bits per heavy atom. The summed E-state index contributed by atoms with van der Waals surface area (Å²) in [7, 11) is -1.37. The van der Waals surface area contributed by atoms with Gasteiger partial charge in [-0.3, -0.25) is 4.90 Å². The SMILES string of the molecule is CC1CN(Cc2ccc(B(O)O)cc2)CC(C)S1. The minimum atomic E-state index is -1.37. The van der Waals surface area contributed by atoms with Gasteiger partial charge in [0.1, 0.15) is 0 Å². The van der Waals surface area contributed by atoms with Gasteiger partial charge in [-0.25, -0.2) is 0 Å². The third-order valence-corrected chi connectivity index (χ3v) is 4.41. The van der Waals surface area contributed by atoms with Gasteiger partial charge in [0.25, 0.3) is 0 Å². The van der Waals surface area contributed by atoms with E-state index in [1.54, 1.807) is 12.1 Å². The van der Waals surface area contributed by atoms with Crippen LogP contribution in [0.25, 0.3) is 0 Å². The van der Waals surface area contributed by atoms with Gasteiger partial charge < -0.3 is 10.0 Å². The minimum Gasteiger partial charge on any atom is -0.423 e. The number of benzene rings is 1. The van der Waals surface area contributed by atoms with Gasteiger partial charge in [0.05, 0.1) is 0 Å². The van der Waals surface area contributed by atoms with Crippen molar-refractivity contribution in [1.29, 1.82) is 0 Å². The van der Waals surface area contributed by atoms with Crippen molar-refractivity contribution >= 4 is 24.3 Å². The molecule has 2 rings (SSSR count). The van der Waals surface area contributed by atoms with Crippen LogP contribution in [0.3, 0.4) is 0 Å². The Kier molecular flexibility index (Phi) is 4.73. The van der Waals surface area contributed by atoms with E-state index in [1.807, 2.05) is 12.1 Å². The molecule has 2 unspecified atom stereocenters. The van der Waals surface area contributed by atoms with Crippen LogP contribution in [0.1, 0.15) is 19.4 Å². The molecule has 0 radical (unpaired) electrons. The number of thioether (sulfide) groups is 1. The van der Waals surface area contributed by atoms with Crippen LogP contribution < -0.4 is 5.46 Å². The average Bonchev–Trinajstić information content (AvgIpc) is 2.28. The highest BCUT2D eigenvalue weighted by atomic mass is 32.2. The first-order chi connectivity index (χ1) is 8.54. The molecule has 2 atom stereocenters. The summed E-state index contributed by atoms with van der Waals surface area (Å²) in [6.07, 6.45) is 0. The van der Waals surface area contributed by atoms with Crippen molar-refractivity contribution in [3.8, 4) is 0 Å². The molecule has 1 aliphatic heterocycles. The molecule has 3 nitrogen and oxygen atoms in total. The molecule has 0 saturated carbocycles. The zero-order valence-electron chi connectivity index (χ0n) is 10.9. The quantitative estimate of drug-likeness (QED) is 0.789. The molecule has 0 amide bonds. The second-order valence-electron chi connectivity index (χ2n) is 5.07. The van der Waals surface area contributed by atoms with E-state index < -0.39 is 7.12 Å². The number of rotatable bonds is 3. The fourth-order valence-corrected chi connectivity index (χ4v) is 3.85. The first kappa shape index (κ1) is 13.9. The summed E-state index contributed by atoms with van der Waals surface area (Å²) in [5.74, 6) is 0. The van der Waals surface area contributed by atoms with Gasteiger partial charge >= 0.3 is 7.12 Å². The van der Waals surface area contributed by atoms with Gasteiger partial charge in [-0.1, -0.05) is 38.1 Å². The van der Waals surface area contributed by atoms with Crippen molar-refractivity contribution < 1.29 is 10.0 Å². The maximum atomic E-state index is 9.05. The van der Waals surface area contributed by atoms with Crippen LogP contribution in [-0.2, 0) is 6.54 Å². The molecule has 1 aromatic rings. The van der Waals surface area contributed by atoms with E-state index in [0.717, 1.165) is 19.6 Å². The van der Waals surface area contributed by atoms with Crippen molar-refractivity contribution in [1.82, 2.24) is 4.90 Å². The van der Waals surface area contributed by atoms with E-state index in [0.29, 0.717) is 16.0 Å². The lowest BCUT2D eigenvalue weighted by Crippen LogP contribution is -2.39. The Morgan fingerprint density at radius 1 is 1.17 bits per heavy atom. The summed E-state index contributed by atoms with van der Waals surface area (Å²) >= 11 is 2.05. The molecule has 5 heteroatoms. The van der Waals surface area contributed by atoms with Crippen LogP contribution in [0, 0.1) is 0 Å². The third kappa shape index (κ3) is 3.75. The van der Waals surface area contributed by atoms with E-state index >= 15 is 0 Å². The molecule has 1 aromatic carbocycles. The molecule has 98 valence electrons. The summed E-state index contributed by atoms with van der Waals surface area (Å²) in [5.41, 5.74) is 1.78. The van der Waals surface area contributed by atoms with Crippen molar-refractivity contribution in [2.75, 3.05) is 13.1 Å². The Hall–Kier alpha value is -0.485. The normalized spacial score (nSPS) is 25.1. The summed E-state index contributed by atoms with van der Waals surface area (Å²) in [5, 5.41) is 19.5. The lowest BCUT2D eigenvalue weighted by atomic mass is 9.80. The second kappa shape index (κ2) is 6.11. The monoisotopic (exact) mass is 265 g/mol. The Labute approximate surface area is 113 Å². The van der Waals surface area contributed by atoms with Crippen molar-refractivity contribution in [3.63, 3.8) is 0 Å². The van der Waals surface area contributed by atoms with Crippen LogP contribution in [0.5, 0.6) is 0 Å². The molecule has 0 bridgehead atoms. The molecule has 18 heavy (non-hydrogen) atoms. The highest BCUT2D eigenvalue weighted by molar-refractivity contribution is 8.00. The highest BCUT2D eigenvalue weighted by Gasteiger charge is 2.22. The van der Waals surface area contributed by atoms with Crippen molar-refractivity contribution in [3.05, 3.63) is 29.8 Å². The number of nitrogens with zero attached hydrogens (tertiary/aromatic N) is 1. The van der Waals surface area contributed by atoms with E-state index in [-0.39, 0.29) is 0 Å². The topological polar surface area (TPSA) is 43.7 Å². The standard InChI is InChI=1S/C13H20BNO2S/c1-10-7-15(8-11(2)18-10)9-12-3-5-13(6-4-12)14(16)17/h3-6,10-11,16-17H,7-9H2,1-2H3. The Morgan fingerprint density at radius 3 is 2.22 bits per heavy atom. The van der Waals surface area contributed by atoms with Crippen molar-refractivity contribution in [2.45, 2.75) is 30.9 Å². The minimum absolute atomic E-state index is 0.551. The third-order valence-electron chi connectivity index (χ3n) is 3.18. The first-order valence-electron chi connectivity index (χ1n) is 6.37. The van der Waals surface area contributed by atoms with Gasteiger partial charge in [-0.2, -0.15) is 11.8 Å². The summed E-state index contributed by atoms with van der Waals surface area (Å²) in [6.45, 7) is 7.74. The fraction of sp³-hybridized carbons (Fsp3) is 0.538. The van der Waals surface area contributed by atoms with E-state index in [9.17, 15) is 0 Å². The lowest BCUT2D eigenvalue weighted by Gasteiger charge is -2.34. The van der Waals surface area contributed by atoms with Crippen LogP contribution >= 0.6 is 11.8 Å². The first-order valence-corrected chi connectivity index (χ1v) is 7.31. The second-order valence-corrected chi connectivity index (χ2v) is 6.95. The molecule has 1 heterocycles. The van der Waals surface area contributed by atoms with Crippen LogP contribution in [0.2, 0.25) is 0 Å². The summed E-state index contributed by atoms with van der Waals surface area (Å²) in [4.78, 5) is 2.47. The Balaban J connectivity index is 1.96. The van der Waals surface area contributed by atoms with Crippen LogP contribution in [0.4, 0.5) is 0 Å². The fourth-order valence-electron chi connectivity index (χ4n) is 2.47. The van der Waals surface area contributed by atoms with Gasteiger partial charge in [0.2, 0.25) is 0 Å². The van der Waals surface area contributed by atoms with Crippen molar-refractivity contribution in [2.24, 2.45) is 0 Å². The zero-order chi connectivity index (χ0) is 13.1. The average molecular weight is 265 g/mol. The van der Waals surface area contributed by atoms with Gasteiger partial charge in [-0.05, 0) is 11.0 Å². The van der Waals surface area contributed by atoms with Crippen LogP contribution in [-0.4, -0.2) is 45.7 Å². The smallest absolute Gasteiger partial charge is 0.423 e. The van der Waals surface area contributed by atoms with Gasteiger partial charge in [0, 0.05) is 30.1 Å². The Bertz CT molecular complexity index is 375. The summed E-state index contributed by atoms with van der Waals surface area (Å²) < 4.78 is 0. The molecular weight excluding hydrogens is 245 g/mol. The zero-order valence-corrected chi connectivity index (χ0v) is 11.7. The van der Waals surface area contributed by atoms with Gasteiger partial charge in [0.15, 0.2) is 0 Å². The predicted molar refractivity (Wildman–Crippen MR) is 78.1 cm³/mol. The van der Waals surface area contributed by atoms with Crippen LogP contribution in [0.15, 0.2) is 24.3 Å². The van der Waals surface area contributed by atoms with E-state index in [4.69, 9.17) is 10.0 Å². The molecule has 1 fully saturated rings. The van der Waals surface area contributed by atoms with Gasteiger partial charge in [-0.15, -0.1) is 0 Å². The maximum Gasteiger partial charge on any atom is 0.488 e. The number of hydrogen-bond donors (Lipinski definition) is 2. The van der Waals surface area contributed by atoms with E-state index in [1.165, 1.54) is 5.56 Å². The molecule has 2 N–H and O–H groups in total. The van der Waals surface area contributed by atoms with E-state index in [2.05, 4.69) is 30.5 Å². The molecule has 0 aliphatic carbocycles. The maximum absolute atomic E-state index is 9.05. The molecular formula is C13H20BNO2S. The largest absolute Gasteiger partial charge is 0.488 e.